The third-order valence-electron chi connectivity index (χ3n) is 2.80. The van der Waals surface area contributed by atoms with Crippen LogP contribution in [0.5, 0.6) is 0 Å². The molecule has 1 fully saturated rings. The van der Waals surface area contributed by atoms with Crippen molar-refractivity contribution < 1.29 is 9.59 Å². The van der Waals surface area contributed by atoms with Crippen molar-refractivity contribution in [2.24, 2.45) is 0 Å². The molecule has 3 amide bonds. The molecule has 2 aromatic rings. The van der Waals surface area contributed by atoms with Gasteiger partial charge in [-0.1, -0.05) is 0 Å². The van der Waals surface area contributed by atoms with Gasteiger partial charge in [0.15, 0.2) is 0 Å². The van der Waals surface area contributed by atoms with Gasteiger partial charge in [-0.2, -0.15) is 0 Å². The summed E-state index contributed by atoms with van der Waals surface area (Å²) in [4.78, 5) is 31.5. The van der Waals surface area contributed by atoms with E-state index in [9.17, 15) is 9.59 Å². The summed E-state index contributed by atoms with van der Waals surface area (Å²) in [7, 11) is 0. The summed E-state index contributed by atoms with van der Waals surface area (Å²) in [6.07, 6.45) is 5.44. The topological polar surface area (TPSA) is 78.1 Å². The van der Waals surface area contributed by atoms with Crippen molar-refractivity contribution in [1.29, 1.82) is 0 Å². The number of carbonyl (C=O) groups excluding carboxylic acids is 2. The Kier molecular flexibility index (Phi) is 2.07. The third-order valence-corrected chi connectivity index (χ3v) is 2.80. The van der Waals surface area contributed by atoms with Crippen molar-refractivity contribution >= 4 is 28.5 Å². The number of imide groups is 1. The van der Waals surface area contributed by atoms with Crippen LogP contribution in [-0.4, -0.2) is 28.5 Å². The summed E-state index contributed by atoms with van der Waals surface area (Å²) in [5.41, 5.74) is 1.58. The van der Waals surface area contributed by atoms with Gasteiger partial charge in [0.25, 0.3) is 0 Å². The molecule has 0 saturated carbocycles. The zero-order chi connectivity index (χ0) is 11.8. The number of pyridine rings is 1. The number of urea groups is 1. The van der Waals surface area contributed by atoms with Crippen LogP contribution in [0.1, 0.15) is 6.42 Å². The fraction of sp³-hybridized carbons (Fsp3) is 0.182. The maximum atomic E-state index is 11.7. The van der Waals surface area contributed by atoms with E-state index >= 15 is 0 Å². The van der Waals surface area contributed by atoms with Crippen LogP contribution < -0.4 is 10.2 Å². The molecular weight excluding hydrogens is 220 g/mol. The Morgan fingerprint density at radius 3 is 3.00 bits per heavy atom. The molecule has 1 aliphatic rings. The first kappa shape index (κ1) is 9.83. The van der Waals surface area contributed by atoms with Crippen LogP contribution in [0, 0.1) is 0 Å². The molecule has 1 saturated heterocycles. The fourth-order valence-electron chi connectivity index (χ4n) is 1.97. The lowest BCUT2D eigenvalue weighted by Gasteiger charge is -2.26. The number of amides is 3. The number of hydrogen-bond acceptors (Lipinski definition) is 3. The smallest absolute Gasteiger partial charge is 0.328 e. The Labute approximate surface area is 96.6 Å². The number of hydrogen-bond donors (Lipinski definition) is 2. The number of anilines is 1. The maximum absolute atomic E-state index is 11.7. The molecule has 1 aliphatic heterocycles. The first-order chi connectivity index (χ1) is 8.25. The molecule has 0 unspecified atom stereocenters. The van der Waals surface area contributed by atoms with Gasteiger partial charge in [-0.05, 0) is 6.07 Å². The highest BCUT2D eigenvalue weighted by Crippen LogP contribution is 2.25. The van der Waals surface area contributed by atoms with E-state index in [2.05, 4.69) is 15.3 Å². The zero-order valence-electron chi connectivity index (χ0n) is 8.93. The Morgan fingerprint density at radius 2 is 2.18 bits per heavy atom. The SMILES string of the molecule is O=C1CCN(c2cncc3[nH]ccc23)C(=O)N1. The molecule has 6 heteroatoms. The number of nitrogens with zero attached hydrogens (tertiary/aromatic N) is 2. The van der Waals surface area contributed by atoms with Crippen molar-refractivity contribution in [3.8, 4) is 0 Å². The second kappa shape index (κ2) is 3.58. The molecule has 0 aromatic carbocycles. The van der Waals surface area contributed by atoms with E-state index in [1.807, 2.05) is 6.07 Å². The van der Waals surface area contributed by atoms with E-state index in [0.717, 1.165) is 10.9 Å². The molecule has 0 aliphatic carbocycles. The lowest BCUT2D eigenvalue weighted by atomic mass is 10.2. The number of rotatable bonds is 1. The van der Waals surface area contributed by atoms with Gasteiger partial charge >= 0.3 is 6.03 Å². The number of fused-ring (bicyclic) bond motifs is 1. The van der Waals surface area contributed by atoms with E-state index < -0.39 is 6.03 Å². The summed E-state index contributed by atoms with van der Waals surface area (Å²) >= 11 is 0. The predicted octanol–water partition coefficient (Wildman–Crippen LogP) is 1.01. The van der Waals surface area contributed by atoms with Gasteiger partial charge in [-0.15, -0.1) is 0 Å². The fourth-order valence-corrected chi connectivity index (χ4v) is 1.97. The van der Waals surface area contributed by atoms with Gasteiger partial charge < -0.3 is 4.98 Å². The third kappa shape index (κ3) is 1.54. The van der Waals surface area contributed by atoms with Crippen LogP contribution in [-0.2, 0) is 4.79 Å². The van der Waals surface area contributed by atoms with Crippen molar-refractivity contribution in [2.75, 3.05) is 11.4 Å². The largest absolute Gasteiger partial charge is 0.360 e. The summed E-state index contributed by atoms with van der Waals surface area (Å²) in [6.45, 7) is 0.386. The highest BCUT2D eigenvalue weighted by molar-refractivity contribution is 6.09. The first-order valence-corrected chi connectivity index (χ1v) is 5.28. The molecule has 3 rings (SSSR count). The van der Waals surface area contributed by atoms with E-state index in [0.29, 0.717) is 18.7 Å². The van der Waals surface area contributed by atoms with Gasteiger partial charge in [-0.25, -0.2) is 4.79 Å². The minimum Gasteiger partial charge on any atom is -0.360 e. The van der Waals surface area contributed by atoms with Crippen molar-refractivity contribution in [2.45, 2.75) is 6.42 Å². The zero-order valence-corrected chi connectivity index (χ0v) is 8.93. The lowest BCUT2D eigenvalue weighted by Crippen LogP contribution is -2.49. The average molecular weight is 230 g/mol. The second-order valence-corrected chi connectivity index (χ2v) is 3.85. The standard InChI is InChI=1S/C11H10N4O2/c16-10-2-4-15(11(17)14-10)9-6-12-5-8-7(9)1-3-13-8/h1,3,5-6,13H,2,4H2,(H,14,16,17). The number of aromatic nitrogens is 2. The summed E-state index contributed by atoms with van der Waals surface area (Å²) in [5.74, 6) is -0.236. The normalized spacial score (nSPS) is 16.4. The highest BCUT2D eigenvalue weighted by Gasteiger charge is 2.25. The van der Waals surface area contributed by atoms with Gasteiger partial charge in [-0.3, -0.25) is 20.0 Å². The number of aromatic amines is 1. The Balaban J connectivity index is 2.06. The molecule has 2 aromatic heterocycles. The number of H-pyrrole nitrogens is 1. The van der Waals surface area contributed by atoms with Crippen LogP contribution in [0.2, 0.25) is 0 Å². The molecule has 17 heavy (non-hydrogen) atoms. The van der Waals surface area contributed by atoms with E-state index in [-0.39, 0.29) is 5.91 Å². The molecule has 0 radical (unpaired) electrons. The van der Waals surface area contributed by atoms with Crippen LogP contribution in [0.15, 0.2) is 24.7 Å². The molecular formula is C11H10N4O2. The number of nitrogens with one attached hydrogen (secondary N) is 2. The number of carbonyl (C=O) groups is 2. The Morgan fingerprint density at radius 1 is 1.29 bits per heavy atom. The predicted molar refractivity (Wildman–Crippen MR) is 61.6 cm³/mol. The monoisotopic (exact) mass is 230 g/mol. The van der Waals surface area contributed by atoms with Crippen molar-refractivity contribution in [3.05, 3.63) is 24.7 Å². The summed E-state index contributed by atoms with van der Waals surface area (Å²) < 4.78 is 0. The van der Waals surface area contributed by atoms with Crippen molar-refractivity contribution in [3.63, 3.8) is 0 Å². The summed E-state index contributed by atoms with van der Waals surface area (Å²) in [5, 5.41) is 3.22. The Bertz CT molecular complexity index is 604. The second-order valence-electron chi connectivity index (χ2n) is 3.85. The van der Waals surface area contributed by atoms with Crippen LogP contribution in [0.25, 0.3) is 10.9 Å². The summed E-state index contributed by atoms with van der Waals surface area (Å²) in [6, 6.07) is 1.49. The van der Waals surface area contributed by atoms with Gasteiger partial charge in [0.2, 0.25) is 5.91 Å². The van der Waals surface area contributed by atoms with Crippen molar-refractivity contribution in [1.82, 2.24) is 15.3 Å². The molecule has 86 valence electrons. The van der Waals surface area contributed by atoms with Gasteiger partial charge in [0.05, 0.1) is 23.6 Å². The van der Waals surface area contributed by atoms with Crippen LogP contribution in [0.3, 0.4) is 0 Å². The Hall–Kier alpha value is -2.37. The molecule has 0 atom stereocenters. The van der Waals surface area contributed by atoms with E-state index in [1.54, 1.807) is 18.6 Å². The molecule has 6 nitrogen and oxygen atoms in total. The molecule has 0 spiro atoms. The molecule has 0 bridgehead atoms. The van der Waals surface area contributed by atoms with E-state index in [1.165, 1.54) is 4.90 Å². The minimum atomic E-state index is -0.392. The average Bonchev–Trinajstić information content (AvgIpc) is 2.77. The highest BCUT2D eigenvalue weighted by atomic mass is 16.2. The van der Waals surface area contributed by atoms with Gasteiger partial charge in [0.1, 0.15) is 0 Å². The lowest BCUT2D eigenvalue weighted by molar-refractivity contribution is -0.120. The van der Waals surface area contributed by atoms with E-state index in [4.69, 9.17) is 0 Å². The molecule has 3 heterocycles. The maximum Gasteiger partial charge on any atom is 0.328 e. The molecule has 2 N–H and O–H groups in total. The first-order valence-electron chi connectivity index (χ1n) is 5.28. The quantitative estimate of drug-likeness (QED) is 0.767. The van der Waals surface area contributed by atoms with Gasteiger partial charge in [0, 0.05) is 24.5 Å². The minimum absolute atomic E-state index is 0.236. The van der Waals surface area contributed by atoms with Crippen LogP contribution in [0.4, 0.5) is 10.5 Å². The van der Waals surface area contributed by atoms with Crippen LogP contribution >= 0.6 is 0 Å².